The number of nitrogens with zero attached hydrogens (tertiary/aromatic N) is 1. The summed E-state index contributed by atoms with van der Waals surface area (Å²) in [5.41, 5.74) is 1.61. The molecule has 0 bridgehead atoms. The molecule has 1 N–H and O–H groups in total. The Morgan fingerprint density at radius 2 is 1.58 bits per heavy atom. The standard InChI is InChI=1S/C24H22FNO6S/c1-17(26-31-16-19-7-11-20(25)12-8-19)23(24(27)28)15-18-9-13-21(14-10-18)32-33(29,30)22-5-3-2-4-6-22/h2-14,23H,15-16H2,1H3,(H,27,28). The second-order valence-corrected chi connectivity index (χ2v) is 8.77. The molecule has 9 heteroatoms. The average molecular weight is 472 g/mol. The zero-order valence-electron chi connectivity index (χ0n) is 17.7. The van der Waals surface area contributed by atoms with Gasteiger partial charge in [-0.25, -0.2) is 4.39 Å². The van der Waals surface area contributed by atoms with Crippen molar-refractivity contribution in [3.8, 4) is 5.75 Å². The van der Waals surface area contributed by atoms with Crippen molar-refractivity contribution in [1.82, 2.24) is 0 Å². The first-order chi connectivity index (χ1) is 15.7. The number of oxime groups is 1. The van der Waals surface area contributed by atoms with E-state index in [-0.39, 0.29) is 35.2 Å². The van der Waals surface area contributed by atoms with Gasteiger partial charge in [0, 0.05) is 0 Å². The van der Waals surface area contributed by atoms with Crippen LogP contribution in [0.3, 0.4) is 0 Å². The SMILES string of the molecule is CC(=NOCc1ccc(F)cc1)C(Cc1ccc(OS(=O)(=O)c2ccccc2)cc1)C(=O)O. The van der Waals surface area contributed by atoms with Gasteiger partial charge in [0.05, 0.1) is 5.71 Å². The van der Waals surface area contributed by atoms with E-state index < -0.39 is 22.0 Å². The summed E-state index contributed by atoms with van der Waals surface area (Å²) in [5, 5.41) is 13.5. The minimum absolute atomic E-state index is 0.0347. The van der Waals surface area contributed by atoms with Crippen LogP contribution in [-0.4, -0.2) is 25.2 Å². The number of carboxylic acid groups (broad SMARTS) is 1. The van der Waals surface area contributed by atoms with Crippen LogP contribution in [-0.2, 0) is 32.8 Å². The van der Waals surface area contributed by atoms with Gasteiger partial charge >= 0.3 is 16.1 Å². The van der Waals surface area contributed by atoms with Gasteiger partial charge in [-0.1, -0.05) is 47.6 Å². The van der Waals surface area contributed by atoms with Gasteiger partial charge in [0.25, 0.3) is 0 Å². The molecule has 0 saturated carbocycles. The third-order valence-electron chi connectivity index (χ3n) is 4.76. The Kier molecular flexibility index (Phi) is 7.78. The summed E-state index contributed by atoms with van der Waals surface area (Å²) >= 11 is 0. The van der Waals surface area contributed by atoms with Gasteiger partial charge in [-0.15, -0.1) is 0 Å². The highest BCUT2D eigenvalue weighted by Gasteiger charge is 2.22. The van der Waals surface area contributed by atoms with Crippen molar-refractivity contribution < 1.29 is 31.7 Å². The second kappa shape index (κ2) is 10.7. The predicted molar refractivity (Wildman–Crippen MR) is 120 cm³/mol. The van der Waals surface area contributed by atoms with Crippen molar-refractivity contribution in [3.05, 3.63) is 95.8 Å². The Morgan fingerprint density at radius 1 is 0.970 bits per heavy atom. The molecule has 0 aliphatic carbocycles. The predicted octanol–water partition coefficient (Wildman–Crippen LogP) is 4.43. The lowest BCUT2D eigenvalue weighted by Crippen LogP contribution is -2.24. The average Bonchev–Trinajstić information content (AvgIpc) is 2.80. The molecule has 0 aliphatic heterocycles. The summed E-state index contributed by atoms with van der Waals surface area (Å²) in [4.78, 5) is 17.0. The minimum atomic E-state index is -3.96. The Balaban J connectivity index is 1.63. The van der Waals surface area contributed by atoms with Gasteiger partial charge in [0.2, 0.25) is 0 Å². The van der Waals surface area contributed by atoms with E-state index >= 15 is 0 Å². The summed E-state index contributed by atoms with van der Waals surface area (Å²) in [6.07, 6.45) is 0.121. The first-order valence-electron chi connectivity index (χ1n) is 9.97. The summed E-state index contributed by atoms with van der Waals surface area (Å²) in [6, 6.07) is 19.6. The maximum Gasteiger partial charge on any atom is 0.339 e. The summed E-state index contributed by atoms with van der Waals surface area (Å²) < 4.78 is 42.7. The zero-order chi connectivity index (χ0) is 23.8. The van der Waals surface area contributed by atoms with Crippen LogP contribution in [0, 0.1) is 11.7 Å². The maximum absolute atomic E-state index is 13.0. The van der Waals surface area contributed by atoms with E-state index in [1.165, 1.54) is 36.4 Å². The molecule has 3 aromatic carbocycles. The topological polar surface area (TPSA) is 102 Å². The smallest absolute Gasteiger partial charge is 0.339 e. The number of aliphatic carboxylic acids is 1. The molecule has 3 aromatic rings. The van der Waals surface area contributed by atoms with Crippen molar-refractivity contribution in [3.63, 3.8) is 0 Å². The van der Waals surface area contributed by atoms with Crippen molar-refractivity contribution in [2.24, 2.45) is 11.1 Å². The lowest BCUT2D eigenvalue weighted by atomic mass is 9.95. The largest absolute Gasteiger partial charge is 0.481 e. The highest BCUT2D eigenvalue weighted by atomic mass is 32.2. The fraction of sp³-hybridized carbons (Fsp3) is 0.167. The van der Waals surface area contributed by atoms with Gasteiger partial charge in [0.1, 0.15) is 29.0 Å². The van der Waals surface area contributed by atoms with Crippen LogP contribution in [0.25, 0.3) is 0 Å². The molecule has 0 heterocycles. The van der Waals surface area contributed by atoms with Gasteiger partial charge in [-0.2, -0.15) is 8.42 Å². The first-order valence-corrected chi connectivity index (χ1v) is 11.4. The Bertz CT molecular complexity index is 1210. The van der Waals surface area contributed by atoms with E-state index in [1.807, 2.05) is 0 Å². The van der Waals surface area contributed by atoms with E-state index in [4.69, 9.17) is 9.02 Å². The Labute approximate surface area is 191 Å². The monoisotopic (exact) mass is 471 g/mol. The second-order valence-electron chi connectivity index (χ2n) is 7.22. The molecule has 0 aromatic heterocycles. The summed E-state index contributed by atoms with van der Waals surface area (Å²) in [6.45, 7) is 1.62. The van der Waals surface area contributed by atoms with Crippen LogP contribution in [0.15, 0.2) is 88.9 Å². The number of hydrogen-bond acceptors (Lipinski definition) is 6. The number of halogens is 1. The van der Waals surface area contributed by atoms with Gasteiger partial charge in [0.15, 0.2) is 0 Å². The summed E-state index contributed by atoms with van der Waals surface area (Å²) in [7, 11) is -3.96. The van der Waals surface area contributed by atoms with Gasteiger partial charge < -0.3 is 14.1 Å². The molecule has 0 aliphatic rings. The number of carbonyl (C=O) groups is 1. The van der Waals surface area contributed by atoms with E-state index in [0.29, 0.717) is 11.1 Å². The molecule has 0 radical (unpaired) electrons. The molecule has 0 spiro atoms. The molecule has 1 atom stereocenters. The van der Waals surface area contributed by atoms with E-state index in [9.17, 15) is 22.7 Å². The quantitative estimate of drug-likeness (QED) is 0.267. The molecular formula is C24H22FNO6S. The summed E-state index contributed by atoms with van der Waals surface area (Å²) in [5.74, 6) is -2.27. The van der Waals surface area contributed by atoms with Crippen LogP contribution in [0.2, 0.25) is 0 Å². The molecule has 33 heavy (non-hydrogen) atoms. The lowest BCUT2D eigenvalue weighted by Gasteiger charge is -2.13. The maximum atomic E-state index is 13.0. The zero-order valence-corrected chi connectivity index (χ0v) is 18.5. The first kappa shape index (κ1) is 23.9. The fourth-order valence-electron chi connectivity index (χ4n) is 2.95. The number of rotatable bonds is 10. The number of benzene rings is 3. The van der Waals surface area contributed by atoms with Crippen LogP contribution in [0.4, 0.5) is 4.39 Å². The molecule has 3 rings (SSSR count). The molecular weight excluding hydrogens is 449 g/mol. The minimum Gasteiger partial charge on any atom is -0.481 e. The molecule has 172 valence electrons. The van der Waals surface area contributed by atoms with E-state index in [0.717, 1.165) is 0 Å². The van der Waals surface area contributed by atoms with Crippen molar-refractivity contribution in [2.45, 2.75) is 24.8 Å². The van der Waals surface area contributed by atoms with E-state index in [2.05, 4.69) is 5.16 Å². The molecule has 0 fully saturated rings. The lowest BCUT2D eigenvalue weighted by molar-refractivity contribution is -0.139. The van der Waals surface area contributed by atoms with Crippen molar-refractivity contribution in [1.29, 1.82) is 0 Å². The third-order valence-corrected chi connectivity index (χ3v) is 6.02. The Hall–Kier alpha value is -3.72. The van der Waals surface area contributed by atoms with Crippen molar-refractivity contribution in [2.75, 3.05) is 0 Å². The molecule has 1 unspecified atom stereocenters. The third kappa shape index (κ3) is 6.88. The van der Waals surface area contributed by atoms with Gasteiger partial charge in [-0.05, 0) is 60.9 Å². The number of carboxylic acids is 1. The number of hydrogen-bond donors (Lipinski definition) is 1. The van der Waals surface area contributed by atoms with Crippen molar-refractivity contribution >= 4 is 21.8 Å². The highest BCUT2D eigenvalue weighted by Crippen LogP contribution is 2.21. The van der Waals surface area contributed by atoms with Gasteiger partial charge in [-0.3, -0.25) is 4.79 Å². The Morgan fingerprint density at radius 3 is 2.18 bits per heavy atom. The van der Waals surface area contributed by atoms with Crippen LogP contribution >= 0.6 is 0 Å². The van der Waals surface area contributed by atoms with Crippen LogP contribution < -0.4 is 4.18 Å². The van der Waals surface area contributed by atoms with Crippen LogP contribution in [0.1, 0.15) is 18.1 Å². The normalized spacial score (nSPS) is 12.7. The van der Waals surface area contributed by atoms with Crippen LogP contribution in [0.5, 0.6) is 5.75 Å². The van der Waals surface area contributed by atoms with E-state index in [1.54, 1.807) is 49.4 Å². The molecule has 0 saturated heterocycles. The fourth-order valence-corrected chi connectivity index (χ4v) is 3.90. The molecule has 0 amide bonds. The molecule has 7 nitrogen and oxygen atoms in total. The highest BCUT2D eigenvalue weighted by molar-refractivity contribution is 7.87.